The highest BCUT2D eigenvalue weighted by atomic mass is 79.9. The molecule has 0 saturated carbocycles. The third-order valence-electron chi connectivity index (χ3n) is 2.95. The van der Waals surface area contributed by atoms with Crippen LogP contribution in [-0.4, -0.2) is 26.1 Å². The van der Waals surface area contributed by atoms with Gasteiger partial charge in [-0.15, -0.1) is 6.58 Å². The lowest BCUT2D eigenvalue weighted by Gasteiger charge is -2.27. The molecule has 20 heavy (non-hydrogen) atoms. The molecule has 3 N–H and O–H groups in total. The highest BCUT2D eigenvalue weighted by Gasteiger charge is 2.18. The summed E-state index contributed by atoms with van der Waals surface area (Å²) >= 11 is 3.56. The van der Waals surface area contributed by atoms with Crippen molar-refractivity contribution in [1.29, 1.82) is 0 Å². The number of nitrogens with one attached hydrogen (secondary N) is 1. The molecular formula is C14H20BrN5. The average molecular weight is 338 g/mol. The zero-order valence-electron chi connectivity index (χ0n) is 12.0. The van der Waals surface area contributed by atoms with E-state index < -0.39 is 0 Å². The van der Waals surface area contributed by atoms with Crippen molar-refractivity contribution in [3.05, 3.63) is 29.7 Å². The topological polar surface area (TPSA) is 68.8 Å². The van der Waals surface area contributed by atoms with Gasteiger partial charge < -0.3 is 15.6 Å². The van der Waals surface area contributed by atoms with E-state index in [0.29, 0.717) is 5.82 Å². The molecule has 0 radical (unpaired) electrons. The van der Waals surface area contributed by atoms with Gasteiger partial charge in [0.15, 0.2) is 0 Å². The van der Waals surface area contributed by atoms with Crippen LogP contribution in [0.5, 0.6) is 0 Å². The third-order valence-corrected chi connectivity index (χ3v) is 3.61. The molecule has 2 aromatic heterocycles. The summed E-state index contributed by atoms with van der Waals surface area (Å²) in [6, 6.07) is 2.08. The zero-order chi connectivity index (χ0) is 14.9. The summed E-state index contributed by atoms with van der Waals surface area (Å²) in [5, 5.41) is 4.38. The molecule has 108 valence electrons. The van der Waals surface area contributed by atoms with Gasteiger partial charge in [-0.25, -0.2) is 9.97 Å². The second-order valence-electron chi connectivity index (χ2n) is 5.81. The molecule has 0 spiro atoms. The van der Waals surface area contributed by atoms with Crippen molar-refractivity contribution in [1.82, 2.24) is 19.9 Å². The maximum atomic E-state index is 5.88. The van der Waals surface area contributed by atoms with Crippen molar-refractivity contribution in [2.24, 2.45) is 0 Å². The van der Waals surface area contributed by atoms with E-state index in [2.05, 4.69) is 63.1 Å². The van der Waals surface area contributed by atoms with Crippen LogP contribution in [0.15, 0.2) is 29.7 Å². The van der Waals surface area contributed by atoms with Crippen molar-refractivity contribution in [3.8, 4) is 0 Å². The standard InChI is InChI=1S/C14H20BrN5/c1-5-9(19-14(2,3)4)7-20-11(15)6-10-12(16)17-8-18-13(10)20/h5-6,8-9,19H,1,7H2,2-4H3,(H2,16,17,18)/t9-/m0/s1. The zero-order valence-corrected chi connectivity index (χ0v) is 13.6. The Morgan fingerprint density at radius 1 is 1.50 bits per heavy atom. The van der Waals surface area contributed by atoms with Gasteiger partial charge in [0.2, 0.25) is 0 Å². The molecule has 0 aliphatic carbocycles. The molecule has 2 rings (SSSR count). The fourth-order valence-corrected chi connectivity index (χ4v) is 2.70. The minimum absolute atomic E-state index is 0.0162. The minimum Gasteiger partial charge on any atom is -0.383 e. The average Bonchev–Trinajstić information content (AvgIpc) is 2.66. The molecule has 0 unspecified atom stereocenters. The predicted octanol–water partition coefficient (Wildman–Crippen LogP) is 2.72. The van der Waals surface area contributed by atoms with E-state index >= 15 is 0 Å². The number of rotatable bonds is 4. The van der Waals surface area contributed by atoms with Crippen LogP contribution in [-0.2, 0) is 6.54 Å². The lowest BCUT2D eigenvalue weighted by molar-refractivity contribution is 0.369. The van der Waals surface area contributed by atoms with E-state index in [4.69, 9.17) is 5.73 Å². The van der Waals surface area contributed by atoms with Gasteiger partial charge in [-0.1, -0.05) is 6.08 Å². The molecule has 6 heteroatoms. The molecule has 0 aliphatic heterocycles. The summed E-state index contributed by atoms with van der Waals surface area (Å²) in [5.74, 6) is 0.494. The van der Waals surface area contributed by atoms with Gasteiger partial charge in [-0.05, 0) is 42.8 Å². The second kappa shape index (κ2) is 5.54. The van der Waals surface area contributed by atoms with Gasteiger partial charge in [0.25, 0.3) is 0 Å². The Bertz CT molecular complexity index is 626. The number of hydrogen-bond acceptors (Lipinski definition) is 4. The molecule has 2 aromatic rings. The van der Waals surface area contributed by atoms with E-state index in [9.17, 15) is 0 Å². The van der Waals surface area contributed by atoms with Crippen molar-refractivity contribution < 1.29 is 0 Å². The van der Waals surface area contributed by atoms with E-state index in [1.54, 1.807) is 0 Å². The van der Waals surface area contributed by atoms with Crippen molar-refractivity contribution in [2.75, 3.05) is 5.73 Å². The van der Waals surface area contributed by atoms with Gasteiger partial charge in [-0.3, -0.25) is 0 Å². The fourth-order valence-electron chi connectivity index (χ4n) is 2.16. The lowest BCUT2D eigenvalue weighted by Crippen LogP contribution is -2.44. The number of nitrogens with zero attached hydrogens (tertiary/aromatic N) is 3. The summed E-state index contributed by atoms with van der Waals surface area (Å²) < 4.78 is 3.00. The van der Waals surface area contributed by atoms with Crippen LogP contribution in [0.3, 0.4) is 0 Å². The Morgan fingerprint density at radius 2 is 2.20 bits per heavy atom. The van der Waals surface area contributed by atoms with Crippen LogP contribution in [0, 0.1) is 0 Å². The molecule has 0 fully saturated rings. The first kappa shape index (κ1) is 15.0. The van der Waals surface area contributed by atoms with Gasteiger partial charge in [-0.2, -0.15) is 0 Å². The summed E-state index contributed by atoms with van der Waals surface area (Å²) in [4.78, 5) is 8.34. The third kappa shape index (κ3) is 3.19. The van der Waals surface area contributed by atoms with Crippen LogP contribution < -0.4 is 11.1 Å². The first-order chi connectivity index (χ1) is 9.31. The van der Waals surface area contributed by atoms with Crippen LogP contribution >= 0.6 is 15.9 Å². The van der Waals surface area contributed by atoms with Gasteiger partial charge in [0.05, 0.1) is 9.99 Å². The molecule has 0 amide bonds. The van der Waals surface area contributed by atoms with Crippen LogP contribution in [0.4, 0.5) is 5.82 Å². The first-order valence-electron chi connectivity index (χ1n) is 6.47. The molecule has 1 atom stereocenters. The quantitative estimate of drug-likeness (QED) is 0.841. The Hall–Kier alpha value is -1.40. The monoisotopic (exact) mass is 337 g/mol. The molecule has 2 heterocycles. The largest absolute Gasteiger partial charge is 0.383 e. The molecule has 0 aliphatic rings. The number of aromatic nitrogens is 3. The Morgan fingerprint density at radius 3 is 2.80 bits per heavy atom. The van der Waals surface area contributed by atoms with E-state index in [0.717, 1.165) is 22.2 Å². The molecule has 0 bridgehead atoms. The van der Waals surface area contributed by atoms with Crippen LogP contribution in [0.2, 0.25) is 0 Å². The van der Waals surface area contributed by atoms with Crippen molar-refractivity contribution in [3.63, 3.8) is 0 Å². The summed E-state index contributed by atoms with van der Waals surface area (Å²) in [6.45, 7) is 11.0. The van der Waals surface area contributed by atoms with E-state index in [1.807, 2.05) is 12.1 Å². The number of anilines is 1. The lowest BCUT2D eigenvalue weighted by atomic mass is 10.1. The van der Waals surface area contributed by atoms with Crippen molar-refractivity contribution in [2.45, 2.75) is 38.9 Å². The minimum atomic E-state index is 0.0162. The molecule has 0 saturated heterocycles. The van der Waals surface area contributed by atoms with E-state index in [1.165, 1.54) is 6.33 Å². The molecular weight excluding hydrogens is 318 g/mol. The second-order valence-corrected chi connectivity index (χ2v) is 6.62. The highest BCUT2D eigenvalue weighted by Crippen LogP contribution is 2.25. The summed E-state index contributed by atoms with van der Waals surface area (Å²) in [7, 11) is 0. The maximum Gasteiger partial charge on any atom is 0.146 e. The van der Waals surface area contributed by atoms with Crippen LogP contribution in [0.25, 0.3) is 11.0 Å². The number of nitrogen functional groups attached to an aromatic ring is 1. The highest BCUT2D eigenvalue weighted by molar-refractivity contribution is 9.10. The summed E-state index contributed by atoms with van der Waals surface area (Å²) in [6.07, 6.45) is 3.40. The number of halogens is 1. The van der Waals surface area contributed by atoms with E-state index in [-0.39, 0.29) is 11.6 Å². The smallest absolute Gasteiger partial charge is 0.146 e. The Kier molecular flexibility index (Phi) is 4.15. The first-order valence-corrected chi connectivity index (χ1v) is 7.26. The number of nitrogens with two attached hydrogens (primary N) is 1. The van der Waals surface area contributed by atoms with Crippen molar-refractivity contribution >= 4 is 32.8 Å². The van der Waals surface area contributed by atoms with Crippen LogP contribution in [0.1, 0.15) is 20.8 Å². The van der Waals surface area contributed by atoms with Gasteiger partial charge >= 0.3 is 0 Å². The molecule has 0 aromatic carbocycles. The Labute approximate surface area is 127 Å². The molecule has 5 nitrogen and oxygen atoms in total. The van der Waals surface area contributed by atoms with Gasteiger partial charge in [0, 0.05) is 18.1 Å². The SMILES string of the molecule is C=C[C@@H](Cn1c(Br)cc2c(N)ncnc21)NC(C)(C)C. The Balaban J connectivity index is 2.35. The number of hydrogen-bond donors (Lipinski definition) is 2. The predicted molar refractivity (Wildman–Crippen MR) is 86.5 cm³/mol. The normalized spacial score (nSPS) is 13.6. The maximum absolute atomic E-state index is 5.88. The fraction of sp³-hybridized carbons (Fsp3) is 0.429. The number of fused-ring (bicyclic) bond motifs is 1. The summed E-state index contributed by atoms with van der Waals surface area (Å²) in [5.41, 5.74) is 6.72. The van der Waals surface area contributed by atoms with Gasteiger partial charge in [0.1, 0.15) is 17.8 Å².